The summed E-state index contributed by atoms with van der Waals surface area (Å²) >= 11 is 1.02. The number of benzene rings is 2. The summed E-state index contributed by atoms with van der Waals surface area (Å²) in [5.41, 5.74) is -4.43. The Kier molecular flexibility index (Phi) is 8.36. The van der Waals surface area contributed by atoms with Crippen molar-refractivity contribution < 1.29 is 42.3 Å². The molecule has 14 heteroatoms. The topological polar surface area (TPSA) is 136 Å². The van der Waals surface area contributed by atoms with Crippen LogP contribution in [0.25, 0.3) is 10.1 Å². The van der Waals surface area contributed by atoms with Gasteiger partial charge in [-0.25, -0.2) is 0 Å². The second-order valence-corrected chi connectivity index (χ2v) is 14.9. The number of halogens is 2. The number of fused-ring (bicyclic) bond motifs is 2. The van der Waals surface area contributed by atoms with Crippen molar-refractivity contribution in [1.29, 1.82) is 0 Å². The Bertz CT molecular complexity index is 1670. The average Bonchev–Trinajstić information content (AvgIpc) is 3.58. The molecule has 6 rings (SSSR count). The first kappa shape index (κ1) is 31.7. The van der Waals surface area contributed by atoms with Gasteiger partial charge in [-0.1, -0.05) is 36.4 Å². The lowest BCUT2D eigenvalue weighted by Crippen LogP contribution is -2.66. The molecule has 3 atom stereocenters. The molecule has 0 radical (unpaired) electrons. The van der Waals surface area contributed by atoms with Crippen LogP contribution in [-0.4, -0.2) is 82.2 Å². The summed E-state index contributed by atoms with van der Waals surface area (Å²) in [4.78, 5) is 62.7. The molecule has 3 fully saturated rings. The van der Waals surface area contributed by atoms with E-state index in [2.05, 4.69) is 5.32 Å². The maximum atomic E-state index is 14.3. The van der Waals surface area contributed by atoms with Crippen LogP contribution in [0.15, 0.2) is 54.6 Å². The Labute approximate surface area is 262 Å². The summed E-state index contributed by atoms with van der Waals surface area (Å²) in [5, 5.41) is 3.03. The minimum absolute atomic E-state index is 0.0917. The molecule has 3 amide bonds. The zero-order valence-electron chi connectivity index (χ0n) is 24.5. The van der Waals surface area contributed by atoms with E-state index in [1.807, 2.05) is 30.3 Å². The van der Waals surface area contributed by atoms with Gasteiger partial charge >= 0.3 is 13.3 Å². The normalized spacial score (nSPS) is 23.4. The van der Waals surface area contributed by atoms with Crippen molar-refractivity contribution in [3.8, 4) is 0 Å². The van der Waals surface area contributed by atoms with E-state index in [9.17, 15) is 27.7 Å². The van der Waals surface area contributed by atoms with Crippen molar-refractivity contribution in [3.63, 3.8) is 0 Å². The van der Waals surface area contributed by atoms with Crippen LogP contribution in [-0.2, 0) is 30.0 Å². The second-order valence-electron chi connectivity index (χ2n) is 12.2. The van der Waals surface area contributed by atoms with Crippen molar-refractivity contribution in [1.82, 2.24) is 15.1 Å². The lowest BCUT2D eigenvalue weighted by Gasteiger charge is -2.51. The molecule has 0 bridgehead atoms. The Balaban J connectivity index is 1.16. The summed E-state index contributed by atoms with van der Waals surface area (Å²) in [6, 6.07) is 12.9. The SMILES string of the molecule is COCC1(c2ccccc2)CN(C(=O)[C@@H]2CC[C@@H]3CCC[C@H](NC(=O)c4cc5cc(C(F)(F)P(=O)(O)O)ccc5s4)C(=O)N32)C1. The van der Waals surface area contributed by atoms with Gasteiger partial charge in [-0.2, -0.15) is 8.78 Å². The number of hydrogen-bond acceptors (Lipinski definition) is 6. The zero-order valence-corrected chi connectivity index (χ0v) is 26.2. The van der Waals surface area contributed by atoms with Gasteiger partial charge in [-0.05, 0) is 61.3 Å². The van der Waals surface area contributed by atoms with Gasteiger partial charge in [-0.3, -0.25) is 18.9 Å². The summed E-state index contributed by atoms with van der Waals surface area (Å²) in [5.74, 6) is -0.973. The van der Waals surface area contributed by atoms with E-state index in [-0.39, 0.29) is 33.5 Å². The Hall–Kier alpha value is -3.22. The first-order valence-corrected chi connectivity index (χ1v) is 17.2. The summed E-state index contributed by atoms with van der Waals surface area (Å²) in [6.45, 7) is 1.44. The molecule has 3 aliphatic rings. The number of likely N-dealkylation sites (tertiary alicyclic amines) is 1. The fourth-order valence-electron chi connectivity index (χ4n) is 6.95. The largest absolute Gasteiger partial charge is 0.399 e. The van der Waals surface area contributed by atoms with Gasteiger partial charge in [0.1, 0.15) is 12.1 Å². The lowest BCUT2D eigenvalue weighted by atomic mass is 9.74. The number of hydrogen-bond donors (Lipinski definition) is 3. The number of carbonyl (C=O) groups is 3. The highest BCUT2D eigenvalue weighted by molar-refractivity contribution is 7.52. The summed E-state index contributed by atoms with van der Waals surface area (Å²) in [7, 11) is -4.11. The first-order chi connectivity index (χ1) is 21.3. The number of nitrogens with zero attached hydrogens (tertiary/aromatic N) is 2. The van der Waals surface area contributed by atoms with Crippen LogP contribution in [0.2, 0.25) is 0 Å². The predicted molar refractivity (Wildman–Crippen MR) is 163 cm³/mol. The minimum atomic E-state index is -5.75. The van der Waals surface area contributed by atoms with E-state index >= 15 is 0 Å². The number of alkyl halides is 2. The number of rotatable bonds is 8. The standard InChI is InChI=1S/C31H34F2N3O7PS/c1-43-18-30(20-6-3-2-4-7-20)16-35(17-30)29(39)24-12-11-22-8-5-9-23(28(38)36(22)24)34-27(37)26-15-19-14-21(10-13-25(19)45-26)31(32,33)44(40,41)42/h2-4,6-7,10,13-15,22-24H,5,8-9,11-12,16-18H2,1H3,(H,34,37)(H2,40,41,42)/t22-,23-,24-/m0/s1. The van der Waals surface area contributed by atoms with Crippen LogP contribution < -0.4 is 5.32 Å². The number of carbonyl (C=O) groups excluding carboxylic acids is 3. The molecule has 10 nitrogen and oxygen atoms in total. The molecule has 240 valence electrons. The van der Waals surface area contributed by atoms with Crippen LogP contribution in [0.1, 0.15) is 52.9 Å². The van der Waals surface area contributed by atoms with Crippen molar-refractivity contribution in [2.24, 2.45) is 0 Å². The molecule has 3 aliphatic heterocycles. The third kappa shape index (κ3) is 5.69. The van der Waals surface area contributed by atoms with E-state index in [1.165, 1.54) is 12.1 Å². The monoisotopic (exact) mass is 661 g/mol. The average molecular weight is 662 g/mol. The number of ether oxygens (including phenoxy) is 1. The number of nitrogens with one attached hydrogen (secondary N) is 1. The van der Waals surface area contributed by atoms with Gasteiger partial charge in [0, 0.05) is 36.5 Å². The predicted octanol–water partition coefficient (Wildman–Crippen LogP) is 4.20. The van der Waals surface area contributed by atoms with Gasteiger partial charge in [0.15, 0.2) is 0 Å². The molecule has 3 saturated heterocycles. The highest BCUT2D eigenvalue weighted by Gasteiger charge is 2.52. The van der Waals surface area contributed by atoms with Crippen molar-refractivity contribution in [2.45, 2.75) is 61.3 Å². The Morgan fingerprint density at radius 1 is 1.09 bits per heavy atom. The maximum absolute atomic E-state index is 14.3. The van der Waals surface area contributed by atoms with Crippen LogP contribution in [0, 0.1) is 0 Å². The molecule has 0 saturated carbocycles. The number of amides is 3. The molecule has 0 unspecified atom stereocenters. The molecular weight excluding hydrogens is 627 g/mol. The van der Waals surface area contributed by atoms with Crippen LogP contribution in [0.4, 0.5) is 8.78 Å². The van der Waals surface area contributed by atoms with Crippen LogP contribution in [0.3, 0.4) is 0 Å². The third-order valence-corrected chi connectivity index (χ3v) is 11.3. The Morgan fingerprint density at radius 2 is 1.82 bits per heavy atom. The van der Waals surface area contributed by atoms with Gasteiger partial charge in [0.25, 0.3) is 5.91 Å². The summed E-state index contributed by atoms with van der Waals surface area (Å²) in [6.07, 6.45) is 3.06. The molecule has 3 N–H and O–H groups in total. The molecule has 4 heterocycles. The molecular formula is C31H34F2N3O7PS. The van der Waals surface area contributed by atoms with Crippen LogP contribution in [0.5, 0.6) is 0 Å². The number of thiophene rings is 1. The molecule has 1 aromatic heterocycles. The summed E-state index contributed by atoms with van der Waals surface area (Å²) < 4.78 is 45.8. The molecule has 0 spiro atoms. The number of methoxy groups -OCH3 is 1. The maximum Gasteiger partial charge on any atom is 0.399 e. The lowest BCUT2D eigenvalue weighted by molar-refractivity contribution is -0.152. The minimum Gasteiger partial charge on any atom is -0.384 e. The third-order valence-electron chi connectivity index (χ3n) is 9.23. The second kappa shape index (κ2) is 11.9. The Morgan fingerprint density at radius 3 is 2.51 bits per heavy atom. The quantitative estimate of drug-likeness (QED) is 0.308. The molecule has 3 aromatic rings. The van der Waals surface area contributed by atoms with Gasteiger partial charge < -0.3 is 29.6 Å². The fourth-order valence-corrected chi connectivity index (χ4v) is 8.37. The zero-order chi connectivity index (χ0) is 32.1. The van der Waals surface area contributed by atoms with Crippen LogP contribution >= 0.6 is 18.9 Å². The van der Waals surface area contributed by atoms with Crippen molar-refractivity contribution in [3.05, 3.63) is 70.6 Å². The van der Waals surface area contributed by atoms with E-state index in [0.29, 0.717) is 50.1 Å². The smallest absolute Gasteiger partial charge is 0.384 e. The van der Waals surface area contributed by atoms with E-state index in [1.54, 1.807) is 16.9 Å². The molecule has 2 aromatic carbocycles. The first-order valence-electron chi connectivity index (χ1n) is 14.8. The molecule has 45 heavy (non-hydrogen) atoms. The van der Waals surface area contributed by atoms with E-state index in [4.69, 9.17) is 14.5 Å². The van der Waals surface area contributed by atoms with Crippen molar-refractivity contribution in [2.75, 3.05) is 26.8 Å². The highest BCUT2D eigenvalue weighted by Crippen LogP contribution is 2.59. The highest BCUT2D eigenvalue weighted by atomic mass is 32.1. The van der Waals surface area contributed by atoms with Gasteiger partial charge in [-0.15, -0.1) is 11.3 Å². The van der Waals surface area contributed by atoms with Gasteiger partial charge in [0.05, 0.1) is 16.9 Å². The van der Waals surface area contributed by atoms with Gasteiger partial charge in [0.2, 0.25) is 11.8 Å². The van der Waals surface area contributed by atoms with E-state index in [0.717, 1.165) is 35.5 Å². The van der Waals surface area contributed by atoms with E-state index < -0.39 is 36.8 Å². The fraction of sp³-hybridized carbons (Fsp3) is 0.452. The molecule has 0 aliphatic carbocycles. The van der Waals surface area contributed by atoms with Crippen molar-refractivity contribution >= 4 is 46.7 Å².